The Hall–Kier alpha value is -2.59. The van der Waals surface area contributed by atoms with Crippen molar-refractivity contribution in [3.05, 3.63) is 35.9 Å². The van der Waals surface area contributed by atoms with Gasteiger partial charge in [-0.25, -0.2) is 4.79 Å². The third-order valence-electron chi connectivity index (χ3n) is 5.95. The van der Waals surface area contributed by atoms with Crippen LogP contribution in [0.5, 0.6) is 0 Å². The second kappa shape index (κ2) is 15.4. The van der Waals surface area contributed by atoms with Crippen molar-refractivity contribution in [2.24, 2.45) is 17.6 Å². The van der Waals surface area contributed by atoms with Crippen LogP contribution in [-0.2, 0) is 25.6 Å². The number of carbonyl (C=O) groups excluding carboxylic acids is 3. The van der Waals surface area contributed by atoms with Crippen molar-refractivity contribution in [2.75, 3.05) is 12.0 Å². The number of carboxylic acid groups (broad SMARTS) is 1. The lowest BCUT2D eigenvalue weighted by Crippen LogP contribution is -2.58. The predicted octanol–water partition coefficient (Wildman–Crippen LogP) is 1.55. The fourth-order valence-electron chi connectivity index (χ4n) is 3.38. The maximum Gasteiger partial charge on any atom is 0.326 e. The summed E-state index contributed by atoms with van der Waals surface area (Å²) in [6.07, 6.45) is 3.11. The molecule has 196 valence electrons. The standard InChI is InChI=1S/C25H40N4O5S/c1-6-16(4)20(26)24(32)28-19(14-17-10-8-7-9-11-17)23(31)27-18(12-13-35-5)22(30)29-21(15(2)3)25(33)34/h7-11,15-16,18-21H,6,12-14,26H2,1-5H3,(H,27,31)(H,28,32)(H,29,30)(H,33,34). The van der Waals surface area contributed by atoms with Gasteiger partial charge in [-0.1, -0.05) is 64.4 Å². The molecule has 35 heavy (non-hydrogen) atoms. The zero-order valence-corrected chi connectivity index (χ0v) is 22.1. The van der Waals surface area contributed by atoms with Gasteiger partial charge in [0, 0.05) is 6.42 Å². The van der Waals surface area contributed by atoms with E-state index in [9.17, 15) is 24.3 Å². The quantitative estimate of drug-likeness (QED) is 0.241. The number of amides is 3. The van der Waals surface area contributed by atoms with Gasteiger partial charge in [0.2, 0.25) is 17.7 Å². The van der Waals surface area contributed by atoms with Crippen molar-refractivity contribution in [3.63, 3.8) is 0 Å². The van der Waals surface area contributed by atoms with Crippen molar-refractivity contribution in [3.8, 4) is 0 Å². The largest absolute Gasteiger partial charge is 0.480 e. The van der Waals surface area contributed by atoms with Gasteiger partial charge in [-0.15, -0.1) is 0 Å². The van der Waals surface area contributed by atoms with Crippen LogP contribution in [0.3, 0.4) is 0 Å². The van der Waals surface area contributed by atoms with Crippen LogP contribution in [0.1, 0.15) is 46.1 Å². The highest BCUT2D eigenvalue weighted by Gasteiger charge is 2.31. The maximum atomic E-state index is 13.3. The predicted molar refractivity (Wildman–Crippen MR) is 139 cm³/mol. The maximum absolute atomic E-state index is 13.3. The van der Waals surface area contributed by atoms with Crippen LogP contribution in [0.4, 0.5) is 0 Å². The first-order valence-electron chi connectivity index (χ1n) is 11.9. The molecule has 0 aliphatic rings. The van der Waals surface area contributed by atoms with Crippen LogP contribution in [0.25, 0.3) is 0 Å². The summed E-state index contributed by atoms with van der Waals surface area (Å²) in [5.74, 6) is -2.51. The molecule has 0 heterocycles. The molecular weight excluding hydrogens is 468 g/mol. The summed E-state index contributed by atoms with van der Waals surface area (Å²) in [5, 5.41) is 17.4. The molecule has 10 heteroatoms. The third-order valence-corrected chi connectivity index (χ3v) is 6.59. The number of thioether (sulfide) groups is 1. The van der Waals surface area contributed by atoms with Crippen molar-refractivity contribution < 1.29 is 24.3 Å². The average Bonchev–Trinajstić information content (AvgIpc) is 2.83. The molecule has 1 aromatic carbocycles. The highest BCUT2D eigenvalue weighted by molar-refractivity contribution is 7.98. The summed E-state index contributed by atoms with van der Waals surface area (Å²) in [4.78, 5) is 50.6. The van der Waals surface area contributed by atoms with Crippen LogP contribution in [0.2, 0.25) is 0 Å². The van der Waals surface area contributed by atoms with Crippen molar-refractivity contribution in [1.29, 1.82) is 0 Å². The van der Waals surface area contributed by atoms with Gasteiger partial charge >= 0.3 is 5.97 Å². The minimum atomic E-state index is -1.14. The Morgan fingerprint density at radius 3 is 2.03 bits per heavy atom. The molecule has 5 unspecified atom stereocenters. The Bertz CT molecular complexity index is 836. The van der Waals surface area contributed by atoms with Gasteiger partial charge < -0.3 is 26.8 Å². The molecule has 0 spiro atoms. The topological polar surface area (TPSA) is 151 Å². The monoisotopic (exact) mass is 508 g/mol. The molecule has 9 nitrogen and oxygen atoms in total. The fraction of sp³-hybridized carbons (Fsp3) is 0.600. The molecule has 0 aliphatic carbocycles. The lowest BCUT2D eigenvalue weighted by molar-refractivity contribution is -0.143. The van der Waals surface area contributed by atoms with Gasteiger partial charge in [-0.05, 0) is 35.8 Å². The summed E-state index contributed by atoms with van der Waals surface area (Å²) in [6.45, 7) is 7.19. The number of nitrogens with two attached hydrogens (primary N) is 1. The Kier molecular flexibility index (Phi) is 13.4. The Morgan fingerprint density at radius 1 is 0.943 bits per heavy atom. The lowest BCUT2D eigenvalue weighted by atomic mass is 9.98. The Balaban J connectivity index is 3.10. The van der Waals surface area contributed by atoms with E-state index in [0.29, 0.717) is 18.6 Å². The first-order chi connectivity index (χ1) is 16.5. The average molecular weight is 509 g/mol. The number of rotatable bonds is 15. The first kappa shape index (κ1) is 30.4. The molecule has 1 rings (SSSR count). The molecule has 3 amide bonds. The van der Waals surface area contributed by atoms with Crippen molar-refractivity contribution in [2.45, 2.75) is 71.1 Å². The number of benzene rings is 1. The Labute approximate surface area is 212 Å². The van der Waals surface area contributed by atoms with E-state index < -0.39 is 47.9 Å². The second-order valence-corrected chi connectivity index (χ2v) is 10.1. The molecule has 6 N–H and O–H groups in total. The normalized spacial score (nSPS) is 15.4. The van der Waals surface area contributed by atoms with Gasteiger partial charge in [0.05, 0.1) is 6.04 Å². The van der Waals surface area contributed by atoms with Crippen LogP contribution in [0.15, 0.2) is 30.3 Å². The van der Waals surface area contributed by atoms with E-state index in [1.807, 2.05) is 50.4 Å². The summed E-state index contributed by atoms with van der Waals surface area (Å²) < 4.78 is 0. The molecule has 0 bridgehead atoms. The van der Waals surface area contributed by atoms with Crippen LogP contribution >= 0.6 is 11.8 Å². The lowest BCUT2D eigenvalue weighted by Gasteiger charge is -2.26. The summed E-state index contributed by atoms with van der Waals surface area (Å²) in [7, 11) is 0. The molecule has 0 saturated carbocycles. The van der Waals surface area contributed by atoms with E-state index in [1.165, 1.54) is 11.8 Å². The summed E-state index contributed by atoms with van der Waals surface area (Å²) in [6, 6.07) is 5.46. The summed E-state index contributed by atoms with van der Waals surface area (Å²) in [5.41, 5.74) is 6.91. The van der Waals surface area contributed by atoms with E-state index in [-0.39, 0.29) is 18.3 Å². The molecule has 0 fully saturated rings. The van der Waals surface area contributed by atoms with E-state index in [1.54, 1.807) is 13.8 Å². The SMILES string of the molecule is CCC(C)C(N)C(=O)NC(Cc1ccccc1)C(=O)NC(CCSC)C(=O)NC(C(=O)O)C(C)C. The summed E-state index contributed by atoms with van der Waals surface area (Å²) >= 11 is 1.50. The van der Waals surface area contributed by atoms with Gasteiger partial charge in [0.25, 0.3) is 0 Å². The van der Waals surface area contributed by atoms with Gasteiger partial charge in [-0.2, -0.15) is 11.8 Å². The molecule has 0 aromatic heterocycles. The molecule has 0 saturated heterocycles. The van der Waals surface area contributed by atoms with Crippen LogP contribution in [-0.4, -0.2) is 65.0 Å². The van der Waals surface area contributed by atoms with Crippen LogP contribution < -0.4 is 21.7 Å². The van der Waals surface area contributed by atoms with Gasteiger partial charge in [-0.3, -0.25) is 14.4 Å². The molecular formula is C25H40N4O5S. The third kappa shape index (κ3) is 10.3. The van der Waals surface area contributed by atoms with Gasteiger partial charge in [0.1, 0.15) is 18.1 Å². The van der Waals surface area contributed by atoms with Crippen LogP contribution in [0, 0.1) is 11.8 Å². The number of hydrogen-bond donors (Lipinski definition) is 5. The smallest absolute Gasteiger partial charge is 0.326 e. The van der Waals surface area contributed by atoms with Gasteiger partial charge in [0.15, 0.2) is 0 Å². The van der Waals surface area contributed by atoms with E-state index in [2.05, 4.69) is 16.0 Å². The highest BCUT2D eigenvalue weighted by atomic mass is 32.2. The van der Waals surface area contributed by atoms with E-state index in [4.69, 9.17) is 5.73 Å². The highest BCUT2D eigenvalue weighted by Crippen LogP contribution is 2.10. The molecule has 0 aliphatic heterocycles. The number of carboxylic acids is 1. The van der Waals surface area contributed by atoms with E-state index in [0.717, 1.165) is 5.56 Å². The minimum Gasteiger partial charge on any atom is -0.480 e. The zero-order chi connectivity index (χ0) is 26.5. The number of carbonyl (C=O) groups is 4. The molecule has 1 aromatic rings. The number of hydrogen-bond acceptors (Lipinski definition) is 6. The van der Waals surface area contributed by atoms with Crippen molar-refractivity contribution >= 4 is 35.5 Å². The fourth-order valence-corrected chi connectivity index (χ4v) is 3.86. The molecule has 0 radical (unpaired) electrons. The van der Waals surface area contributed by atoms with E-state index >= 15 is 0 Å². The number of nitrogens with one attached hydrogen (secondary N) is 3. The Morgan fingerprint density at radius 2 is 1.51 bits per heavy atom. The second-order valence-electron chi connectivity index (χ2n) is 9.07. The van der Waals surface area contributed by atoms with Crippen molar-refractivity contribution in [1.82, 2.24) is 16.0 Å². The first-order valence-corrected chi connectivity index (χ1v) is 13.3. The number of aliphatic carboxylic acids is 1. The minimum absolute atomic E-state index is 0.0699. The zero-order valence-electron chi connectivity index (χ0n) is 21.2. The molecule has 5 atom stereocenters.